The van der Waals surface area contributed by atoms with Gasteiger partial charge in [-0.25, -0.2) is 4.79 Å². The third-order valence-electron chi connectivity index (χ3n) is 5.44. The van der Waals surface area contributed by atoms with Crippen LogP contribution < -0.4 is 16.0 Å². The number of nitrogens with zero attached hydrogens (tertiary/aromatic N) is 1. The van der Waals surface area contributed by atoms with Crippen LogP contribution in [0.4, 0.5) is 0 Å². The van der Waals surface area contributed by atoms with Crippen LogP contribution in [-0.4, -0.2) is 82.0 Å². The molecule has 2 aliphatic heterocycles. The van der Waals surface area contributed by atoms with E-state index in [2.05, 4.69) is 16.0 Å². The first-order valence-electron chi connectivity index (χ1n) is 10.2. The zero-order valence-corrected chi connectivity index (χ0v) is 17.2. The minimum Gasteiger partial charge on any atom is -0.481 e. The van der Waals surface area contributed by atoms with Gasteiger partial charge in [0.05, 0.1) is 12.5 Å². The molecule has 2 rings (SSSR count). The van der Waals surface area contributed by atoms with Gasteiger partial charge in [0.15, 0.2) is 0 Å². The van der Waals surface area contributed by atoms with Gasteiger partial charge in [-0.15, -0.1) is 0 Å². The fourth-order valence-corrected chi connectivity index (χ4v) is 3.82. The Morgan fingerprint density at radius 2 is 1.73 bits per heavy atom. The molecule has 3 amide bonds. The van der Waals surface area contributed by atoms with Crippen molar-refractivity contribution in [2.24, 2.45) is 5.92 Å². The van der Waals surface area contributed by atoms with Crippen LogP contribution in [0.2, 0.25) is 0 Å². The summed E-state index contributed by atoms with van der Waals surface area (Å²) in [7, 11) is 0. The molecule has 4 atom stereocenters. The van der Waals surface area contributed by atoms with E-state index in [1.807, 2.05) is 0 Å². The number of carboxylic acids is 2. The minimum atomic E-state index is -1.30. The molecule has 11 heteroatoms. The highest BCUT2D eigenvalue weighted by molar-refractivity contribution is 5.96. The van der Waals surface area contributed by atoms with Crippen LogP contribution in [0.25, 0.3) is 0 Å². The van der Waals surface area contributed by atoms with Crippen LogP contribution >= 0.6 is 0 Å². The molecular weight excluding hydrogens is 396 g/mol. The molecule has 168 valence electrons. The van der Waals surface area contributed by atoms with Gasteiger partial charge in [-0.3, -0.25) is 19.2 Å². The number of aliphatic carboxylic acids is 2. The summed E-state index contributed by atoms with van der Waals surface area (Å²) in [4.78, 5) is 62.0. The van der Waals surface area contributed by atoms with E-state index in [1.165, 1.54) is 4.90 Å². The topological polar surface area (TPSA) is 165 Å². The molecule has 2 fully saturated rings. The summed E-state index contributed by atoms with van der Waals surface area (Å²) in [5, 5.41) is 26.4. The number of nitrogens with one attached hydrogen (secondary N) is 3. The molecule has 0 saturated carbocycles. The fourth-order valence-electron chi connectivity index (χ4n) is 3.82. The van der Waals surface area contributed by atoms with Gasteiger partial charge in [-0.2, -0.15) is 0 Å². The Bertz CT molecular complexity index is 690. The summed E-state index contributed by atoms with van der Waals surface area (Å²) in [6.45, 7) is 4.22. The first-order valence-corrected chi connectivity index (χ1v) is 10.2. The molecule has 4 unspecified atom stereocenters. The van der Waals surface area contributed by atoms with Crippen LogP contribution in [0, 0.1) is 5.92 Å². The lowest BCUT2D eigenvalue weighted by molar-refractivity contribution is -0.147. The smallest absolute Gasteiger partial charge is 0.326 e. The predicted molar refractivity (Wildman–Crippen MR) is 104 cm³/mol. The summed E-state index contributed by atoms with van der Waals surface area (Å²) >= 11 is 0. The van der Waals surface area contributed by atoms with Crippen molar-refractivity contribution in [3.8, 4) is 0 Å². The van der Waals surface area contributed by atoms with E-state index in [4.69, 9.17) is 0 Å². The van der Waals surface area contributed by atoms with E-state index in [0.717, 1.165) is 6.42 Å². The molecule has 2 heterocycles. The normalized spacial score (nSPS) is 23.1. The standard InChI is InChI=1S/C19H30N4O7/c1-10(2)15(19(29)30)22-17(27)13-6-4-8-23(13)18(28)12(9-14(24)25)21-16(26)11-5-3-7-20-11/h10-13,15,20H,3-9H2,1-2H3,(H,21,26)(H,22,27)(H,24,25)(H,29,30). The lowest BCUT2D eigenvalue weighted by atomic mass is 10.0. The first-order chi connectivity index (χ1) is 14.1. The lowest BCUT2D eigenvalue weighted by Gasteiger charge is -2.30. The molecule has 0 spiro atoms. The summed E-state index contributed by atoms with van der Waals surface area (Å²) in [5.41, 5.74) is 0. The van der Waals surface area contributed by atoms with E-state index < -0.39 is 60.2 Å². The van der Waals surface area contributed by atoms with Crippen LogP contribution in [0.5, 0.6) is 0 Å². The number of likely N-dealkylation sites (tertiary alicyclic amines) is 1. The highest BCUT2D eigenvalue weighted by Crippen LogP contribution is 2.20. The number of carboxylic acid groups (broad SMARTS) is 2. The average Bonchev–Trinajstić information content (AvgIpc) is 3.35. The Hall–Kier alpha value is -2.69. The monoisotopic (exact) mass is 426 g/mol. The minimum absolute atomic E-state index is 0.226. The fraction of sp³-hybridized carbons (Fsp3) is 0.737. The largest absolute Gasteiger partial charge is 0.481 e. The molecule has 0 aromatic carbocycles. The molecule has 0 aromatic rings. The Kier molecular flexibility index (Phi) is 8.16. The Morgan fingerprint density at radius 1 is 1.03 bits per heavy atom. The molecule has 2 aliphatic rings. The van der Waals surface area contributed by atoms with E-state index in [9.17, 15) is 34.2 Å². The Balaban J connectivity index is 2.10. The van der Waals surface area contributed by atoms with E-state index in [1.54, 1.807) is 13.8 Å². The zero-order chi connectivity index (χ0) is 22.4. The van der Waals surface area contributed by atoms with Gasteiger partial charge in [0, 0.05) is 6.54 Å². The summed E-state index contributed by atoms with van der Waals surface area (Å²) in [5.74, 6) is -4.47. The second-order valence-electron chi connectivity index (χ2n) is 8.07. The van der Waals surface area contributed by atoms with Gasteiger partial charge >= 0.3 is 11.9 Å². The molecular formula is C19H30N4O7. The third kappa shape index (κ3) is 5.91. The zero-order valence-electron chi connectivity index (χ0n) is 17.2. The molecule has 0 bridgehead atoms. The van der Waals surface area contributed by atoms with Gasteiger partial charge in [0.25, 0.3) is 0 Å². The molecule has 0 aromatic heterocycles. The summed E-state index contributed by atoms with van der Waals surface area (Å²) < 4.78 is 0. The molecule has 30 heavy (non-hydrogen) atoms. The highest BCUT2D eigenvalue weighted by Gasteiger charge is 2.40. The van der Waals surface area contributed by atoms with Crippen molar-refractivity contribution in [1.29, 1.82) is 0 Å². The van der Waals surface area contributed by atoms with Crippen LogP contribution in [0.15, 0.2) is 0 Å². The first kappa shape index (κ1) is 23.6. The van der Waals surface area contributed by atoms with Crippen molar-refractivity contribution in [3.63, 3.8) is 0 Å². The Labute approximate surface area is 174 Å². The molecule has 11 nitrogen and oxygen atoms in total. The van der Waals surface area contributed by atoms with Crippen LogP contribution in [-0.2, 0) is 24.0 Å². The molecule has 0 aliphatic carbocycles. The van der Waals surface area contributed by atoms with Gasteiger partial charge in [0.1, 0.15) is 18.1 Å². The highest BCUT2D eigenvalue weighted by atomic mass is 16.4. The second-order valence-corrected chi connectivity index (χ2v) is 8.07. The number of hydrogen-bond acceptors (Lipinski definition) is 6. The van der Waals surface area contributed by atoms with Gasteiger partial charge < -0.3 is 31.1 Å². The quantitative estimate of drug-likeness (QED) is 0.310. The van der Waals surface area contributed by atoms with Crippen molar-refractivity contribution in [3.05, 3.63) is 0 Å². The predicted octanol–water partition coefficient (Wildman–Crippen LogP) is -1.09. The SMILES string of the molecule is CC(C)C(NC(=O)C1CCCN1C(=O)C(CC(=O)O)NC(=O)C1CCCN1)C(=O)O. The number of hydrogen-bond donors (Lipinski definition) is 5. The van der Waals surface area contributed by atoms with E-state index >= 15 is 0 Å². The van der Waals surface area contributed by atoms with Crippen LogP contribution in [0.3, 0.4) is 0 Å². The van der Waals surface area contributed by atoms with Gasteiger partial charge in [-0.05, 0) is 38.1 Å². The third-order valence-corrected chi connectivity index (χ3v) is 5.44. The number of carbonyl (C=O) groups is 5. The second kappa shape index (κ2) is 10.4. The van der Waals surface area contributed by atoms with Crippen molar-refractivity contribution in [2.75, 3.05) is 13.1 Å². The maximum absolute atomic E-state index is 13.0. The van der Waals surface area contributed by atoms with Crippen molar-refractivity contribution >= 4 is 29.7 Å². The molecule has 5 N–H and O–H groups in total. The van der Waals surface area contributed by atoms with Gasteiger partial charge in [-0.1, -0.05) is 13.8 Å². The van der Waals surface area contributed by atoms with Crippen molar-refractivity contribution in [2.45, 2.75) is 70.1 Å². The van der Waals surface area contributed by atoms with E-state index in [-0.39, 0.29) is 12.5 Å². The summed E-state index contributed by atoms with van der Waals surface area (Å²) in [6.07, 6.45) is 1.65. The number of rotatable bonds is 9. The molecule has 2 saturated heterocycles. The summed E-state index contributed by atoms with van der Waals surface area (Å²) in [6, 6.07) is -3.78. The van der Waals surface area contributed by atoms with Crippen molar-refractivity contribution in [1.82, 2.24) is 20.9 Å². The Morgan fingerprint density at radius 3 is 2.27 bits per heavy atom. The maximum atomic E-state index is 13.0. The number of amides is 3. The van der Waals surface area contributed by atoms with Gasteiger partial charge in [0.2, 0.25) is 17.7 Å². The maximum Gasteiger partial charge on any atom is 0.326 e. The van der Waals surface area contributed by atoms with Crippen molar-refractivity contribution < 1.29 is 34.2 Å². The lowest BCUT2D eigenvalue weighted by Crippen LogP contribution is -2.57. The average molecular weight is 426 g/mol. The van der Waals surface area contributed by atoms with Crippen LogP contribution in [0.1, 0.15) is 46.0 Å². The number of carbonyl (C=O) groups excluding carboxylic acids is 3. The van der Waals surface area contributed by atoms with E-state index in [0.29, 0.717) is 25.8 Å². The molecule has 0 radical (unpaired) electrons.